The van der Waals surface area contributed by atoms with Crippen molar-refractivity contribution in [3.8, 4) is 33.6 Å². The van der Waals surface area contributed by atoms with Crippen molar-refractivity contribution in [3.05, 3.63) is 72.6 Å². The minimum absolute atomic E-state index is 0.195. The van der Waals surface area contributed by atoms with Gasteiger partial charge in [0.15, 0.2) is 0 Å². The molecule has 2 aromatic heterocycles. The Labute approximate surface area is 345 Å². The van der Waals surface area contributed by atoms with Crippen LogP contribution in [-0.2, 0) is 19.2 Å². The number of H-pyrrole nitrogens is 2. The van der Waals surface area contributed by atoms with Gasteiger partial charge in [-0.3, -0.25) is 19.2 Å². The molecule has 4 amide bonds. The fourth-order valence-electron chi connectivity index (χ4n) is 7.73. The molecule has 0 spiro atoms. The van der Waals surface area contributed by atoms with Crippen LogP contribution in [0.3, 0.4) is 0 Å². The van der Waals surface area contributed by atoms with Crippen LogP contribution in [0.2, 0.25) is 0 Å². The molecule has 58 heavy (non-hydrogen) atoms. The molecule has 314 valence electrons. The van der Waals surface area contributed by atoms with Crippen molar-refractivity contribution in [1.29, 1.82) is 0 Å². The van der Waals surface area contributed by atoms with Crippen LogP contribution in [0.15, 0.2) is 60.9 Å². The predicted molar refractivity (Wildman–Crippen MR) is 231 cm³/mol. The maximum atomic E-state index is 13.7. The van der Waals surface area contributed by atoms with E-state index in [0.717, 1.165) is 33.6 Å². The van der Waals surface area contributed by atoms with E-state index < -0.39 is 23.2 Å². The second kappa shape index (κ2) is 17.7. The lowest BCUT2D eigenvalue weighted by Crippen LogP contribution is -2.58. The van der Waals surface area contributed by atoms with E-state index in [9.17, 15) is 19.2 Å². The molecule has 0 radical (unpaired) electrons. The van der Waals surface area contributed by atoms with Crippen LogP contribution in [0.25, 0.3) is 33.6 Å². The summed E-state index contributed by atoms with van der Waals surface area (Å²) < 4.78 is 0. The molecule has 0 aliphatic carbocycles. The Hall–Kier alpha value is -5.26. The largest absolute Gasteiger partial charge is 0.344 e. The summed E-state index contributed by atoms with van der Waals surface area (Å²) in [5, 5.41) is 12.1. The number of imidazole rings is 2. The molecule has 0 fully saturated rings. The maximum absolute atomic E-state index is 13.7. The van der Waals surface area contributed by atoms with Gasteiger partial charge in [-0.05, 0) is 71.6 Å². The van der Waals surface area contributed by atoms with E-state index in [1.165, 1.54) is 13.8 Å². The zero-order chi connectivity index (χ0) is 43.4. The number of rotatable bonds is 15. The zero-order valence-electron chi connectivity index (χ0n) is 37.0. The Morgan fingerprint density at radius 3 is 1.09 bits per heavy atom. The molecule has 4 rings (SSSR count). The van der Waals surface area contributed by atoms with Crippen molar-refractivity contribution in [2.24, 2.45) is 22.7 Å². The number of nitrogens with one attached hydrogen (secondary N) is 6. The van der Waals surface area contributed by atoms with Crippen LogP contribution < -0.4 is 21.3 Å². The second-order valence-electron chi connectivity index (χ2n) is 19.3. The van der Waals surface area contributed by atoms with E-state index >= 15 is 0 Å². The van der Waals surface area contributed by atoms with Crippen LogP contribution >= 0.6 is 0 Å². The molecule has 0 saturated carbocycles. The predicted octanol–water partition coefficient (Wildman–Crippen LogP) is 8.42. The first-order valence-electron chi connectivity index (χ1n) is 20.3. The molecule has 0 bridgehead atoms. The Morgan fingerprint density at radius 1 is 0.534 bits per heavy atom. The van der Waals surface area contributed by atoms with Gasteiger partial charge in [0.2, 0.25) is 23.6 Å². The molecule has 0 saturated heterocycles. The third-order valence-corrected chi connectivity index (χ3v) is 10.3. The molecular weight excluding hydrogens is 729 g/mol. The van der Waals surface area contributed by atoms with Gasteiger partial charge >= 0.3 is 0 Å². The van der Waals surface area contributed by atoms with Crippen molar-refractivity contribution in [3.63, 3.8) is 0 Å². The van der Waals surface area contributed by atoms with Crippen molar-refractivity contribution in [2.45, 2.75) is 133 Å². The van der Waals surface area contributed by atoms with E-state index in [4.69, 9.17) is 9.97 Å². The highest BCUT2D eigenvalue weighted by molar-refractivity contribution is 5.91. The molecular formula is C46H66N8O4. The summed E-state index contributed by atoms with van der Waals surface area (Å²) >= 11 is 0. The average Bonchev–Trinajstić information content (AvgIpc) is 3.78. The van der Waals surface area contributed by atoms with Crippen molar-refractivity contribution >= 4 is 23.6 Å². The molecule has 12 nitrogen and oxygen atoms in total. The van der Waals surface area contributed by atoms with Crippen LogP contribution in [0.4, 0.5) is 0 Å². The molecule has 0 aliphatic rings. The van der Waals surface area contributed by atoms with Crippen LogP contribution in [0, 0.1) is 22.7 Å². The van der Waals surface area contributed by atoms with Crippen LogP contribution in [-0.4, -0.2) is 54.6 Å². The molecule has 12 heteroatoms. The molecule has 2 aromatic carbocycles. The van der Waals surface area contributed by atoms with Gasteiger partial charge < -0.3 is 31.2 Å². The first-order chi connectivity index (χ1) is 26.8. The number of aromatic nitrogens is 4. The first-order valence-corrected chi connectivity index (χ1v) is 20.3. The molecule has 2 heterocycles. The number of carbonyl (C=O) groups excluding carboxylic acids is 4. The van der Waals surface area contributed by atoms with Crippen LogP contribution in [0.5, 0.6) is 0 Å². The smallest absolute Gasteiger partial charge is 0.246 e. The summed E-state index contributed by atoms with van der Waals surface area (Å²) in [5.74, 6) is 0.660. The number of carbonyl (C=O) groups is 4. The summed E-state index contributed by atoms with van der Waals surface area (Å²) in [6, 6.07) is 15.6. The number of aromatic amines is 2. The number of hydrogen-bond acceptors (Lipinski definition) is 6. The normalized spacial score (nSPS) is 15.2. The topological polar surface area (TPSA) is 174 Å². The summed E-state index contributed by atoms with van der Waals surface area (Å²) in [5.41, 5.74) is 2.77. The van der Waals surface area contributed by atoms with E-state index in [1.54, 1.807) is 26.2 Å². The summed E-state index contributed by atoms with van der Waals surface area (Å²) in [7, 11) is 0. The monoisotopic (exact) mass is 795 g/mol. The van der Waals surface area contributed by atoms with Gasteiger partial charge in [-0.25, -0.2) is 9.97 Å². The van der Waals surface area contributed by atoms with Gasteiger partial charge in [0.05, 0.1) is 35.9 Å². The third-order valence-electron chi connectivity index (χ3n) is 10.3. The van der Waals surface area contributed by atoms with Gasteiger partial charge in [-0.15, -0.1) is 0 Å². The van der Waals surface area contributed by atoms with Crippen molar-refractivity contribution in [2.75, 3.05) is 0 Å². The van der Waals surface area contributed by atoms with E-state index in [1.807, 2.05) is 93.5 Å². The minimum atomic E-state index is -1.06. The van der Waals surface area contributed by atoms with Gasteiger partial charge in [0, 0.05) is 13.8 Å². The number of hydrogen-bond donors (Lipinski definition) is 6. The molecule has 0 aliphatic heterocycles. The van der Waals surface area contributed by atoms with E-state index in [0.29, 0.717) is 24.5 Å². The SMILES string of the molecule is CC(=O)NC(C)(CC(C)C)C(=O)N[C@H](c1ncc(-c2ccc(-c3ccc(-c4cnc([C@@H](NC(=O)C(C)(CC(C)C)NC(C)=O)C(C)(C)C)[nH]4)cc3)cc2)[nH]1)C(C)(C)C. The van der Waals surface area contributed by atoms with Gasteiger partial charge in [0.1, 0.15) is 22.7 Å². The van der Waals surface area contributed by atoms with E-state index in [-0.39, 0.29) is 46.3 Å². The fourth-order valence-corrected chi connectivity index (χ4v) is 7.73. The lowest BCUT2D eigenvalue weighted by atomic mass is 9.84. The Bertz CT molecular complexity index is 1900. The fraction of sp³-hybridized carbons (Fsp3) is 0.522. The van der Waals surface area contributed by atoms with Crippen LogP contribution in [0.1, 0.15) is 134 Å². The van der Waals surface area contributed by atoms with E-state index in [2.05, 4.69) is 55.5 Å². The molecule has 6 N–H and O–H groups in total. The summed E-state index contributed by atoms with van der Waals surface area (Å²) in [4.78, 5) is 67.8. The average molecular weight is 795 g/mol. The van der Waals surface area contributed by atoms with Gasteiger partial charge in [-0.2, -0.15) is 0 Å². The van der Waals surface area contributed by atoms with Gasteiger partial charge in [0.25, 0.3) is 0 Å². The number of benzene rings is 2. The molecule has 2 unspecified atom stereocenters. The maximum Gasteiger partial charge on any atom is 0.246 e. The highest BCUT2D eigenvalue weighted by Gasteiger charge is 2.41. The first kappa shape index (κ1) is 45.4. The Balaban J connectivity index is 1.51. The summed E-state index contributed by atoms with van der Waals surface area (Å²) in [6.45, 7) is 26.8. The molecule has 4 aromatic rings. The lowest BCUT2D eigenvalue weighted by molar-refractivity contribution is -0.134. The number of nitrogens with zero attached hydrogens (tertiary/aromatic N) is 2. The minimum Gasteiger partial charge on any atom is -0.344 e. The summed E-state index contributed by atoms with van der Waals surface area (Å²) in [6.07, 6.45) is 4.57. The third kappa shape index (κ3) is 11.4. The van der Waals surface area contributed by atoms with Crippen molar-refractivity contribution < 1.29 is 19.2 Å². The Kier molecular flexibility index (Phi) is 13.9. The highest BCUT2D eigenvalue weighted by atomic mass is 16.2. The highest BCUT2D eigenvalue weighted by Crippen LogP contribution is 2.36. The Morgan fingerprint density at radius 2 is 0.828 bits per heavy atom. The molecule has 4 atom stereocenters. The van der Waals surface area contributed by atoms with Crippen molar-refractivity contribution in [1.82, 2.24) is 41.2 Å². The van der Waals surface area contributed by atoms with Gasteiger partial charge in [-0.1, -0.05) is 118 Å². The number of amides is 4. The lowest BCUT2D eigenvalue weighted by Gasteiger charge is -2.36. The zero-order valence-corrected chi connectivity index (χ0v) is 37.0. The standard InChI is InChI=1S/C46H66N8O4/c1-27(2)23-45(13,53-29(5)55)41(57)51-37(43(7,8)9)39-47-25-35(49-39)33-19-15-31(16-20-33)32-17-21-34(22-18-32)36-26-48-40(50-36)38(44(10,11)12)52-42(58)46(14,24-28(3)4)54-30(6)56/h15-22,25-28,37-38H,23-24H2,1-14H3,(H,47,49)(H,48,50)(H,51,57)(H,52,58)(H,53,55)(H,54,56)/t37-,38-,45?,46?/m1/s1. The second-order valence-corrected chi connectivity index (χ2v) is 19.3. The quantitative estimate of drug-likeness (QED) is 0.0705.